The highest BCUT2D eigenvalue weighted by molar-refractivity contribution is 7.15. The molecule has 2 aromatic rings. The van der Waals surface area contributed by atoms with Crippen molar-refractivity contribution in [3.05, 3.63) is 28.5 Å². The van der Waals surface area contributed by atoms with Crippen LogP contribution in [0.4, 0.5) is 0 Å². The number of aryl methyl sites for hydroxylation is 2. The minimum atomic E-state index is -0.0262. The van der Waals surface area contributed by atoms with Crippen molar-refractivity contribution < 1.29 is 4.42 Å². The van der Waals surface area contributed by atoms with Gasteiger partial charge in [-0.05, 0) is 26.0 Å². The molecule has 0 amide bonds. The van der Waals surface area contributed by atoms with Gasteiger partial charge in [-0.15, -0.1) is 11.3 Å². The summed E-state index contributed by atoms with van der Waals surface area (Å²) in [6, 6.07) is 3.92. The van der Waals surface area contributed by atoms with Gasteiger partial charge in [-0.2, -0.15) is 0 Å². The van der Waals surface area contributed by atoms with Crippen molar-refractivity contribution in [1.82, 2.24) is 4.98 Å². The third-order valence-corrected chi connectivity index (χ3v) is 4.41. The fraction of sp³-hybridized carbons (Fsp3) is 0.462. The lowest BCUT2D eigenvalue weighted by Crippen LogP contribution is -2.27. The van der Waals surface area contributed by atoms with E-state index in [2.05, 4.69) is 18.8 Å². The van der Waals surface area contributed by atoms with Gasteiger partial charge < -0.3 is 10.2 Å². The van der Waals surface area contributed by atoms with E-state index in [-0.39, 0.29) is 5.41 Å². The predicted octanol–water partition coefficient (Wildman–Crippen LogP) is 3.26. The Bertz CT molecular complexity index is 525. The van der Waals surface area contributed by atoms with Crippen LogP contribution in [0.15, 0.2) is 16.5 Å². The molecule has 17 heavy (non-hydrogen) atoms. The molecular weight excluding hydrogens is 232 g/mol. The lowest BCUT2D eigenvalue weighted by Gasteiger charge is -2.20. The van der Waals surface area contributed by atoms with Crippen molar-refractivity contribution >= 4 is 11.3 Å². The highest BCUT2D eigenvalue weighted by Crippen LogP contribution is 2.35. The number of furan rings is 1. The maximum absolute atomic E-state index is 5.81. The van der Waals surface area contributed by atoms with Crippen molar-refractivity contribution in [2.45, 2.75) is 33.1 Å². The van der Waals surface area contributed by atoms with Gasteiger partial charge in [-0.1, -0.05) is 13.8 Å². The second kappa shape index (κ2) is 4.27. The van der Waals surface area contributed by atoms with Crippen LogP contribution in [-0.2, 0) is 5.41 Å². The maximum Gasteiger partial charge on any atom is 0.162 e. The van der Waals surface area contributed by atoms with E-state index in [4.69, 9.17) is 10.2 Å². The number of hydrogen-bond acceptors (Lipinski definition) is 4. The summed E-state index contributed by atoms with van der Waals surface area (Å²) in [6.07, 6.45) is 0. The first-order valence-corrected chi connectivity index (χ1v) is 6.50. The topological polar surface area (TPSA) is 52.0 Å². The van der Waals surface area contributed by atoms with Crippen LogP contribution < -0.4 is 5.73 Å². The monoisotopic (exact) mass is 250 g/mol. The van der Waals surface area contributed by atoms with Crippen molar-refractivity contribution in [3.63, 3.8) is 0 Å². The Balaban J connectivity index is 2.44. The molecule has 3 nitrogen and oxygen atoms in total. The first kappa shape index (κ1) is 12.3. The van der Waals surface area contributed by atoms with Crippen LogP contribution in [-0.4, -0.2) is 11.5 Å². The molecule has 0 unspecified atom stereocenters. The summed E-state index contributed by atoms with van der Waals surface area (Å²) >= 11 is 1.67. The Kier molecular flexibility index (Phi) is 3.10. The van der Waals surface area contributed by atoms with Crippen LogP contribution in [0.25, 0.3) is 10.8 Å². The molecule has 0 aliphatic rings. The van der Waals surface area contributed by atoms with E-state index < -0.39 is 0 Å². The zero-order chi connectivity index (χ0) is 12.6. The van der Waals surface area contributed by atoms with Crippen LogP contribution in [0.1, 0.15) is 30.2 Å². The normalized spacial score (nSPS) is 12.1. The van der Waals surface area contributed by atoms with E-state index in [1.54, 1.807) is 11.3 Å². The summed E-state index contributed by atoms with van der Waals surface area (Å²) in [6.45, 7) is 8.87. The Labute approximate surface area is 106 Å². The Hall–Kier alpha value is -1.13. The van der Waals surface area contributed by atoms with Crippen LogP contribution >= 0.6 is 11.3 Å². The summed E-state index contributed by atoms with van der Waals surface area (Å²) in [7, 11) is 0. The molecule has 0 aliphatic heterocycles. The highest BCUT2D eigenvalue weighted by atomic mass is 32.1. The number of hydrogen-bond donors (Lipinski definition) is 1. The molecule has 4 heteroatoms. The fourth-order valence-electron chi connectivity index (χ4n) is 1.77. The van der Waals surface area contributed by atoms with E-state index in [0.717, 1.165) is 22.2 Å². The number of aromatic nitrogens is 1. The summed E-state index contributed by atoms with van der Waals surface area (Å²) in [5.74, 6) is 1.75. The molecule has 2 aromatic heterocycles. The van der Waals surface area contributed by atoms with E-state index in [0.29, 0.717) is 6.54 Å². The van der Waals surface area contributed by atoms with Gasteiger partial charge in [0.15, 0.2) is 10.8 Å². The molecule has 0 radical (unpaired) electrons. The fourth-order valence-corrected chi connectivity index (χ4v) is 2.91. The number of nitrogens with two attached hydrogens (primary N) is 1. The molecule has 0 atom stereocenters. The minimum Gasteiger partial charge on any atom is -0.459 e. The molecule has 0 bridgehead atoms. The lowest BCUT2D eigenvalue weighted by atomic mass is 9.91. The van der Waals surface area contributed by atoms with E-state index in [1.165, 1.54) is 4.88 Å². The lowest BCUT2D eigenvalue weighted by molar-refractivity contribution is 0.545. The molecule has 0 fully saturated rings. The SMILES string of the molecule is Cc1ccc(-c2nc(C)c(C(C)(C)CN)s2)o1. The average Bonchev–Trinajstić information content (AvgIpc) is 2.85. The second-order valence-corrected chi connectivity index (χ2v) is 5.93. The number of nitrogens with zero attached hydrogens (tertiary/aromatic N) is 1. The summed E-state index contributed by atoms with van der Waals surface area (Å²) in [5.41, 5.74) is 6.84. The first-order valence-electron chi connectivity index (χ1n) is 5.69. The first-order chi connectivity index (χ1) is 7.94. The van der Waals surface area contributed by atoms with Crippen LogP contribution in [0, 0.1) is 13.8 Å². The second-order valence-electron chi connectivity index (χ2n) is 4.93. The Morgan fingerprint density at radius 1 is 1.35 bits per heavy atom. The zero-order valence-corrected chi connectivity index (χ0v) is 11.5. The molecule has 0 aliphatic carbocycles. The zero-order valence-electron chi connectivity index (χ0n) is 10.7. The highest BCUT2D eigenvalue weighted by Gasteiger charge is 2.25. The number of rotatable bonds is 3. The summed E-state index contributed by atoms with van der Waals surface area (Å²) in [4.78, 5) is 5.82. The van der Waals surface area contributed by atoms with Gasteiger partial charge in [-0.25, -0.2) is 4.98 Å². The quantitative estimate of drug-likeness (QED) is 0.909. The van der Waals surface area contributed by atoms with Crippen LogP contribution in [0.5, 0.6) is 0 Å². The van der Waals surface area contributed by atoms with Gasteiger partial charge in [0.2, 0.25) is 0 Å². The van der Waals surface area contributed by atoms with Gasteiger partial charge in [0, 0.05) is 16.8 Å². The van der Waals surface area contributed by atoms with Crippen LogP contribution in [0.2, 0.25) is 0 Å². The Morgan fingerprint density at radius 3 is 2.59 bits per heavy atom. The van der Waals surface area contributed by atoms with Crippen molar-refractivity contribution in [2.24, 2.45) is 5.73 Å². The standard InChI is InChI=1S/C13H18N2OS/c1-8-5-6-10(16-8)12-15-9(2)11(17-12)13(3,4)7-14/h5-6H,7,14H2,1-4H3. The largest absolute Gasteiger partial charge is 0.459 e. The minimum absolute atomic E-state index is 0.0262. The molecule has 0 saturated carbocycles. The van der Waals surface area contributed by atoms with E-state index in [1.807, 2.05) is 26.0 Å². The maximum atomic E-state index is 5.81. The average molecular weight is 250 g/mol. The molecule has 2 rings (SSSR count). The van der Waals surface area contributed by atoms with Gasteiger partial charge >= 0.3 is 0 Å². The molecule has 2 N–H and O–H groups in total. The molecule has 0 aromatic carbocycles. The van der Waals surface area contributed by atoms with Gasteiger partial charge in [-0.3, -0.25) is 0 Å². The molecule has 0 spiro atoms. The molecule has 2 heterocycles. The van der Waals surface area contributed by atoms with Gasteiger partial charge in [0.05, 0.1) is 5.69 Å². The number of thiazole rings is 1. The van der Waals surface area contributed by atoms with Crippen molar-refractivity contribution in [3.8, 4) is 10.8 Å². The molecular formula is C13H18N2OS. The summed E-state index contributed by atoms with van der Waals surface area (Å²) < 4.78 is 5.60. The van der Waals surface area contributed by atoms with Gasteiger partial charge in [0.1, 0.15) is 5.76 Å². The van der Waals surface area contributed by atoms with E-state index >= 15 is 0 Å². The molecule has 92 valence electrons. The smallest absolute Gasteiger partial charge is 0.162 e. The van der Waals surface area contributed by atoms with Crippen molar-refractivity contribution in [2.75, 3.05) is 6.54 Å². The Morgan fingerprint density at radius 2 is 2.06 bits per heavy atom. The van der Waals surface area contributed by atoms with Crippen LogP contribution in [0.3, 0.4) is 0 Å². The van der Waals surface area contributed by atoms with E-state index in [9.17, 15) is 0 Å². The third kappa shape index (κ3) is 2.28. The van der Waals surface area contributed by atoms with Crippen molar-refractivity contribution in [1.29, 1.82) is 0 Å². The third-order valence-electron chi connectivity index (χ3n) is 2.87. The predicted molar refractivity (Wildman–Crippen MR) is 71.4 cm³/mol. The van der Waals surface area contributed by atoms with Gasteiger partial charge in [0.25, 0.3) is 0 Å². The molecule has 0 saturated heterocycles. The summed E-state index contributed by atoms with van der Waals surface area (Å²) in [5, 5.41) is 0.937.